The van der Waals surface area contributed by atoms with Gasteiger partial charge >= 0.3 is 5.97 Å². The van der Waals surface area contributed by atoms with Gasteiger partial charge in [0.25, 0.3) is 0 Å². The second-order valence-electron chi connectivity index (χ2n) is 3.80. The predicted octanol–water partition coefficient (Wildman–Crippen LogP) is 3.78. The van der Waals surface area contributed by atoms with E-state index in [2.05, 4.69) is 20.9 Å². The smallest absolute Gasteiger partial charge is 0.341 e. The number of benzene rings is 1. The molecule has 98 valence electrons. The third kappa shape index (κ3) is 3.08. The minimum Gasteiger partial charge on any atom is -0.477 e. The van der Waals surface area contributed by atoms with Gasteiger partial charge in [-0.15, -0.1) is 0 Å². The average Bonchev–Trinajstić information content (AvgIpc) is 2.33. The summed E-state index contributed by atoms with van der Waals surface area (Å²) in [5, 5.41) is 9.03. The number of hydrogen-bond acceptors (Lipinski definition) is 3. The molecule has 0 unspecified atom stereocenters. The number of carboxylic acid groups (broad SMARTS) is 1. The maximum Gasteiger partial charge on any atom is 0.341 e. The van der Waals surface area contributed by atoms with Crippen LogP contribution in [0.5, 0.6) is 11.5 Å². The van der Waals surface area contributed by atoms with Crippen LogP contribution in [0.1, 0.15) is 16.1 Å². The van der Waals surface area contributed by atoms with Gasteiger partial charge in [0.2, 0.25) is 0 Å². The topological polar surface area (TPSA) is 59.4 Å². The molecular weight excluding hydrogens is 317 g/mol. The number of halogens is 2. The molecule has 4 nitrogen and oxygen atoms in total. The molecule has 1 heterocycles. The summed E-state index contributed by atoms with van der Waals surface area (Å²) in [7, 11) is 0. The molecule has 2 rings (SSSR count). The predicted molar refractivity (Wildman–Crippen MR) is 70.1 cm³/mol. The van der Waals surface area contributed by atoms with Gasteiger partial charge in [-0.3, -0.25) is 4.98 Å². The summed E-state index contributed by atoms with van der Waals surface area (Å²) in [6, 6.07) is 5.68. The van der Waals surface area contributed by atoms with Crippen molar-refractivity contribution >= 4 is 21.9 Å². The minimum absolute atomic E-state index is 0.0751. The minimum atomic E-state index is -1.15. The zero-order valence-electron chi connectivity index (χ0n) is 9.85. The zero-order chi connectivity index (χ0) is 14.0. The Bertz CT molecular complexity index is 646. The van der Waals surface area contributed by atoms with E-state index < -0.39 is 11.8 Å². The van der Waals surface area contributed by atoms with Crippen LogP contribution in [0.2, 0.25) is 0 Å². The molecule has 1 aromatic carbocycles. The Morgan fingerprint density at radius 2 is 2.16 bits per heavy atom. The van der Waals surface area contributed by atoms with Crippen molar-refractivity contribution in [3.63, 3.8) is 0 Å². The van der Waals surface area contributed by atoms with E-state index in [1.54, 1.807) is 6.92 Å². The second-order valence-corrected chi connectivity index (χ2v) is 4.66. The largest absolute Gasteiger partial charge is 0.477 e. The third-order valence-corrected chi connectivity index (χ3v) is 3.00. The van der Waals surface area contributed by atoms with Crippen LogP contribution in [0.4, 0.5) is 4.39 Å². The van der Waals surface area contributed by atoms with Crippen molar-refractivity contribution in [1.82, 2.24) is 4.98 Å². The lowest BCUT2D eigenvalue weighted by atomic mass is 10.2. The van der Waals surface area contributed by atoms with Gasteiger partial charge in [0.05, 0.1) is 4.47 Å². The fourth-order valence-corrected chi connectivity index (χ4v) is 1.69. The molecule has 0 saturated heterocycles. The molecule has 1 N–H and O–H groups in total. The van der Waals surface area contributed by atoms with E-state index in [0.717, 1.165) is 0 Å². The molecule has 0 aliphatic carbocycles. The summed E-state index contributed by atoms with van der Waals surface area (Å²) in [5.41, 5.74) is 0.534. The lowest BCUT2D eigenvalue weighted by molar-refractivity contribution is 0.0693. The van der Waals surface area contributed by atoms with E-state index in [1.807, 2.05) is 0 Å². The first-order valence-corrected chi connectivity index (χ1v) is 6.09. The number of ether oxygens (including phenoxy) is 1. The summed E-state index contributed by atoms with van der Waals surface area (Å²) in [5.74, 6) is -1.30. The van der Waals surface area contributed by atoms with E-state index in [-0.39, 0.29) is 17.1 Å². The first kappa shape index (κ1) is 13.5. The lowest BCUT2D eigenvalue weighted by Gasteiger charge is -2.09. The van der Waals surface area contributed by atoms with Crippen LogP contribution in [0, 0.1) is 12.7 Å². The van der Waals surface area contributed by atoms with Gasteiger partial charge in [0, 0.05) is 24.0 Å². The molecule has 1 aromatic heterocycles. The first-order valence-electron chi connectivity index (χ1n) is 5.30. The highest BCUT2D eigenvalue weighted by atomic mass is 79.9. The van der Waals surface area contributed by atoms with Crippen LogP contribution < -0.4 is 4.74 Å². The molecule has 2 aromatic rings. The number of carboxylic acids is 1. The van der Waals surface area contributed by atoms with Crippen LogP contribution in [0.25, 0.3) is 0 Å². The first-order chi connectivity index (χ1) is 8.97. The number of rotatable bonds is 3. The summed E-state index contributed by atoms with van der Waals surface area (Å²) in [4.78, 5) is 14.9. The molecule has 19 heavy (non-hydrogen) atoms. The van der Waals surface area contributed by atoms with E-state index in [4.69, 9.17) is 9.84 Å². The molecule has 0 fully saturated rings. The number of pyridine rings is 1. The van der Waals surface area contributed by atoms with Gasteiger partial charge in [0.1, 0.15) is 22.9 Å². The van der Waals surface area contributed by atoms with Crippen molar-refractivity contribution in [2.75, 3.05) is 0 Å². The van der Waals surface area contributed by atoms with E-state index >= 15 is 0 Å². The van der Waals surface area contributed by atoms with Crippen LogP contribution in [0.3, 0.4) is 0 Å². The number of nitrogens with zero attached hydrogens (tertiary/aromatic N) is 1. The van der Waals surface area contributed by atoms with Crippen LogP contribution in [-0.4, -0.2) is 16.1 Å². The van der Waals surface area contributed by atoms with Gasteiger partial charge in [0.15, 0.2) is 0 Å². The second kappa shape index (κ2) is 5.36. The Morgan fingerprint density at radius 3 is 2.79 bits per heavy atom. The van der Waals surface area contributed by atoms with Crippen molar-refractivity contribution < 1.29 is 19.0 Å². The van der Waals surface area contributed by atoms with Crippen molar-refractivity contribution in [1.29, 1.82) is 0 Å². The Hall–Kier alpha value is -1.95. The normalized spacial score (nSPS) is 10.3. The molecule has 0 spiro atoms. The number of carbonyl (C=O) groups is 1. The summed E-state index contributed by atoms with van der Waals surface area (Å²) >= 11 is 3.03. The summed E-state index contributed by atoms with van der Waals surface area (Å²) < 4.78 is 19.1. The van der Waals surface area contributed by atoms with E-state index in [1.165, 1.54) is 30.5 Å². The fourth-order valence-electron chi connectivity index (χ4n) is 1.45. The third-order valence-electron chi connectivity index (χ3n) is 2.35. The Kier molecular flexibility index (Phi) is 3.80. The van der Waals surface area contributed by atoms with Gasteiger partial charge in [-0.25, -0.2) is 9.18 Å². The summed E-state index contributed by atoms with van der Waals surface area (Å²) in [6.45, 7) is 1.71. The molecule has 0 atom stereocenters. The van der Waals surface area contributed by atoms with Gasteiger partial charge in [-0.1, -0.05) is 0 Å². The van der Waals surface area contributed by atoms with Gasteiger partial charge < -0.3 is 9.84 Å². The maximum absolute atomic E-state index is 13.4. The highest BCUT2D eigenvalue weighted by Crippen LogP contribution is 2.28. The summed E-state index contributed by atoms with van der Waals surface area (Å²) in [6.07, 6.45) is 1.21. The lowest BCUT2D eigenvalue weighted by Crippen LogP contribution is -2.02. The highest BCUT2D eigenvalue weighted by Gasteiger charge is 2.13. The molecule has 0 amide bonds. The van der Waals surface area contributed by atoms with Crippen LogP contribution in [0.15, 0.2) is 34.9 Å². The van der Waals surface area contributed by atoms with Crippen LogP contribution in [-0.2, 0) is 0 Å². The van der Waals surface area contributed by atoms with Gasteiger partial charge in [-0.05, 0) is 35.0 Å². The molecule has 0 saturated carbocycles. The standard InChI is InChI=1S/C13H9BrFNO3/c1-7-4-12(9(6-16-7)13(17)18)19-8-2-3-10(14)11(15)5-8/h2-6H,1H3,(H,17,18). The quantitative estimate of drug-likeness (QED) is 0.932. The highest BCUT2D eigenvalue weighted by molar-refractivity contribution is 9.10. The number of aromatic nitrogens is 1. The zero-order valence-corrected chi connectivity index (χ0v) is 11.4. The van der Waals surface area contributed by atoms with Crippen molar-refractivity contribution in [3.05, 3.63) is 52.0 Å². The molecule has 0 aliphatic rings. The molecule has 0 aliphatic heterocycles. The fraction of sp³-hybridized carbons (Fsp3) is 0.0769. The molecule has 0 bridgehead atoms. The van der Waals surface area contributed by atoms with E-state index in [9.17, 15) is 9.18 Å². The molecule has 0 radical (unpaired) electrons. The SMILES string of the molecule is Cc1cc(Oc2ccc(Br)c(F)c2)c(C(=O)O)cn1. The Morgan fingerprint density at radius 1 is 1.42 bits per heavy atom. The van der Waals surface area contributed by atoms with E-state index in [0.29, 0.717) is 10.2 Å². The van der Waals surface area contributed by atoms with Crippen molar-refractivity contribution in [3.8, 4) is 11.5 Å². The number of hydrogen-bond donors (Lipinski definition) is 1. The molecular formula is C13H9BrFNO3. The maximum atomic E-state index is 13.4. The number of aryl methyl sites for hydroxylation is 1. The van der Waals surface area contributed by atoms with Crippen LogP contribution >= 0.6 is 15.9 Å². The Balaban J connectivity index is 2.39. The average molecular weight is 326 g/mol. The van der Waals surface area contributed by atoms with Crippen molar-refractivity contribution in [2.45, 2.75) is 6.92 Å². The van der Waals surface area contributed by atoms with Crippen molar-refractivity contribution in [2.24, 2.45) is 0 Å². The molecule has 6 heteroatoms. The van der Waals surface area contributed by atoms with Gasteiger partial charge in [-0.2, -0.15) is 0 Å². The monoisotopic (exact) mass is 325 g/mol. The Labute approximate surface area is 117 Å². The number of aromatic carboxylic acids is 1.